The van der Waals surface area contributed by atoms with Crippen LogP contribution in [0, 0.1) is 5.92 Å². The molecule has 0 saturated heterocycles. The minimum atomic E-state index is -0.604. The first-order valence-corrected chi connectivity index (χ1v) is 8.60. The lowest BCUT2D eigenvalue weighted by molar-refractivity contribution is -0.124. The molecular weight excluding hydrogens is 336 g/mol. The molecule has 1 aromatic rings. The zero-order valence-corrected chi connectivity index (χ0v) is 16.0. The minimum absolute atomic E-state index is 0.287. The number of rotatable bonds is 7. The van der Waals surface area contributed by atoms with Gasteiger partial charge in [-0.15, -0.1) is 0 Å². The van der Waals surface area contributed by atoms with Crippen LogP contribution < -0.4 is 10.6 Å². The zero-order valence-electron chi connectivity index (χ0n) is 16.0. The number of esters is 1. The van der Waals surface area contributed by atoms with Crippen molar-refractivity contribution in [1.82, 2.24) is 5.32 Å². The summed E-state index contributed by atoms with van der Waals surface area (Å²) < 4.78 is 10.1. The first-order chi connectivity index (χ1) is 12.1. The molecule has 26 heavy (non-hydrogen) atoms. The summed E-state index contributed by atoms with van der Waals surface area (Å²) in [7, 11) is 0. The van der Waals surface area contributed by atoms with Crippen LogP contribution in [0.4, 0.5) is 10.5 Å². The van der Waals surface area contributed by atoms with Crippen LogP contribution in [0.3, 0.4) is 0 Å². The number of ether oxygens (including phenoxy) is 2. The summed E-state index contributed by atoms with van der Waals surface area (Å²) in [5, 5.41) is 5.26. The van der Waals surface area contributed by atoms with Gasteiger partial charge in [0.1, 0.15) is 5.60 Å². The van der Waals surface area contributed by atoms with Crippen molar-refractivity contribution in [1.29, 1.82) is 0 Å². The second-order valence-electron chi connectivity index (χ2n) is 7.31. The van der Waals surface area contributed by atoms with E-state index < -0.39 is 17.7 Å². The van der Waals surface area contributed by atoms with Gasteiger partial charge in [-0.3, -0.25) is 10.1 Å². The Morgan fingerprint density at radius 3 is 2.23 bits per heavy atom. The van der Waals surface area contributed by atoms with E-state index in [4.69, 9.17) is 9.47 Å². The highest BCUT2D eigenvalue weighted by Crippen LogP contribution is 2.13. The van der Waals surface area contributed by atoms with Crippen LogP contribution in [0.15, 0.2) is 24.3 Å². The molecule has 0 radical (unpaired) electrons. The Labute approximate surface area is 154 Å². The monoisotopic (exact) mass is 364 g/mol. The summed E-state index contributed by atoms with van der Waals surface area (Å²) in [6, 6.07) is 6.13. The van der Waals surface area contributed by atoms with Gasteiger partial charge in [-0.25, -0.2) is 9.59 Å². The molecule has 0 atom stereocenters. The second-order valence-corrected chi connectivity index (χ2v) is 7.31. The third-order valence-corrected chi connectivity index (χ3v) is 3.14. The molecule has 0 spiro atoms. The summed E-state index contributed by atoms with van der Waals surface area (Å²) in [6.07, 6.45) is 0.289. The van der Waals surface area contributed by atoms with Crippen molar-refractivity contribution in [2.45, 2.75) is 46.6 Å². The van der Waals surface area contributed by atoms with Gasteiger partial charge in [0.15, 0.2) is 6.61 Å². The summed E-state index contributed by atoms with van der Waals surface area (Å²) in [5.74, 6) is -0.444. The molecule has 0 aliphatic carbocycles. The number of carbonyl (C=O) groups is 3. The maximum Gasteiger partial charge on any atom is 0.412 e. The van der Waals surface area contributed by atoms with Gasteiger partial charge in [-0.1, -0.05) is 13.8 Å². The molecule has 0 saturated carbocycles. The van der Waals surface area contributed by atoms with E-state index in [9.17, 15) is 14.4 Å². The number of nitrogens with one attached hydrogen (secondary N) is 2. The number of carbonyl (C=O) groups excluding carboxylic acids is 3. The first-order valence-electron chi connectivity index (χ1n) is 8.60. The van der Waals surface area contributed by atoms with Crippen molar-refractivity contribution < 1.29 is 23.9 Å². The summed E-state index contributed by atoms with van der Waals surface area (Å²) in [5.41, 5.74) is 0.181. The highest BCUT2D eigenvalue weighted by atomic mass is 16.6. The van der Waals surface area contributed by atoms with Crippen LogP contribution >= 0.6 is 0 Å². The lowest BCUT2D eigenvalue weighted by Gasteiger charge is -2.19. The third-order valence-electron chi connectivity index (χ3n) is 3.14. The fourth-order valence-corrected chi connectivity index (χ4v) is 1.88. The van der Waals surface area contributed by atoms with E-state index >= 15 is 0 Å². The van der Waals surface area contributed by atoms with Crippen LogP contribution in [0.1, 0.15) is 51.4 Å². The predicted molar refractivity (Wildman–Crippen MR) is 99.0 cm³/mol. The van der Waals surface area contributed by atoms with E-state index in [0.717, 1.165) is 6.42 Å². The van der Waals surface area contributed by atoms with E-state index in [-0.39, 0.29) is 18.1 Å². The molecule has 2 amide bonds. The lowest BCUT2D eigenvalue weighted by Crippen LogP contribution is -2.30. The molecule has 0 fully saturated rings. The van der Waals surface area contributed by atoms with E-state index in [1.165, 1.54) is 12.1 Å². The number of hydrogen-bond donors (Lipinski definition) is 2. The molecule has 1 rings (SSSR count). The normalized spacial score (nSPS) is 11.0. The molecule has 0 aliphatic rings. The van der Waals surface area contributed by atoms with Crippen LogP contribution in [-0.2, 0) is 14.3 Å². The fraction of sp³-hybridized carbons (Fsp3) is 0.526. The summed E-state index contributed by atoms with van der Waals surface area (Å²) in [4.78, 5) is 35.2. The van der Waals surface area contributed by atoms with Gasteiger partial charge in [0, 0.05) is 12.2 Å². The minimum Gasteiger partial charge on any atom is -0.452 e. The molecule has 0 unspecified atom stereocenters. The Balaban J connectivity index is 2.44. The van der Waals surface area contributed by atoms with Gasteiger partial charge in [0.2, 0.25) is 0 Å². The molecule has 7 heteroatoms. The quantitative estimate of drug-likeness (QED) is 0.724. The smallest absolute Gasteiger partial charge is 0.412 e. The molecule has 0 aromatic heterocycles. The zero-order chi connectivity index (χ0) is 19.7. The van der Waals surface area contributed by atoms with Gasteiger partial charge >= 0.3 is 12.1 Å². The van der Waals surface area contributed by atoms with Gasteiger partial charge in [0.25, 0.3) is 5.91 Å². The average molecular weight is 364 g/mol. The predicted octanol–water partition coefficient (Wildman–Crippen LogP) is 3.35. The maximum absolute atomic E-state index is 11.9. The Hall–Kier alpha value is -2.57. The van der Waals surface area contributed by atoms with Crippen molar-refractivity contribution in [3.8, 4) is 0 Å². The second kappa shape index (κ2) is 9.79. The van der Waals surface area contributed by atoms with Crippen molar-refractivity contribution >= 4 is 23.7 Å². The number of hydrogen-bond acceptors (Lipinski definition) is 5. The standard InChI is InChI=1S/C19H28N2O5/c1-13(2)10-11-20-16(22)12-25-17(23)14-6-8-15(9-7-14)21-18(24)26-19(3,4)5/h6-9,13H,10-12H2,1-5H3,(H,20,22)(H,21,24). The molecule has 0 bridgehead atoms. The van der Waals surface area contributed by atoms with Crippen molar-refractivity contribution in [2.75, 3.05) is 18.5 Å². The molecule has 0 heterocycles. The third kappa shape index (κ3) is 9.05. The van der Waals surface area contributed by atoms with Crippen LogP contribution in [-0.4, -0.2) is 36.7 Å². The van der Waals surface area contributed by atoms with Crippen LogP contribution in [0.5, 0.6) is 0 Å². The highest BCUT2D eigenvalue weighted by molar-refractivity contribution is 5.92. The van der Waals surface area contributed by atoms with Crippen molar-refractivity contribution in [2.24, 2.45) is 5.92 Å². The van der Waals surface area contributed by atoms with Gasteiger partial charge in [-0.05, 0) is 57.4 Å². The van der Waals surface area contributed by atoms with Crippen molar-refractivity contribution in [3.63, 3.8) is 0 Å². The highest BCUT2D eigenvalue weighted by Gasteiger charge is 2.16. The van der Waals surface area contributed by atoms with E-state index in [1.54, 1.807) is 32.9 Å². The topological polar surface area (TPSA) is 93.7 Å². The Bertz CT molecular complexity index is 618. The summed E-state index contributed by atoms with van der Waals surface area (Å²) >= 11 is 0. The SMILES string of the molecule is CC(C)CCNC(=O)COC(=O)c1ccc(NC(=O)OC(C)(C)C)cc1. The number of benzene rings is 1. The van der Waals surface area contributed by atoms with E-state index in [2.05, 4.69) is 24.5 Å². The largest absolute Gasteiger partial charge is 0.452 e. The van der Waals surface area contributed by atoms with E-state index in [0.29, 0.717) is 18.2 Å². The Kier molecular flexibility index (Phi) is 8.09. The maximum atomic E-state index is 11.9. The number of amides is 2. The lowest BCUT2D eigenvalue weighted by atomic mass is 10.1. The summed E-state index contributed by atoms with van der Waals surface area (Å²) in [6.45, 7) is 9.66. The first kappa shape index (κ1) is 21.5. The van der Waals surface area contributed by atoms with E-state index in [1.807, 2.05) is 0 Å². The Morgan fingerprint density at radius 2 is 1.69 bits per heavy atom. The molecular formula is C19H28N2O5. The molecule has 2 N–H and O–H groups in total. The average Bonchev–Trinajstić information content (AvgIpc) is 2.51. The number of anilines is 1. The Morgan fingerprint density at radius 1 is 1.08 bits per heavy atom. The van der Waals surface area contributed by atoms with Gasteiger partial charge in [-0.2, -0.15) is 0 Å². The van der Waals surface area contributed by atoms with Crippen LogP contribution in [0.25, 0.3) is 0 Å². The van der Waals surface area contributed by atoms with Crippen LogP contribution in [0.2, 0.25) is 0 Å². The molecule has 0 aliphatic heterocycles. The van der Waals surface area contributed by atoms with Crippen molar-refractivity contribution in [3.05, 3.63) is 29.8 Å². The van der Waals surface area contributed by atoms with Gasteiger partial charge < -0.3 is 14.8 Å². The molecule has 144 valence electrons. The molecule has 7 nitrogen and oxygen atoms in total. The fourth-order valence-electron chi connectivity index (χ4n) is 1.88. The molecule has 1 aromatic carbocycles. The van der Waals surface area contributed by atoms with Gasteiger partial charge in [0.05, 0.1) is 5.56 Å².